The first-order chi connectivity index (χ1) is 9.43. The van der Waals surface area contributed by atoms with Gasteiger partial charge in [-0.15, -0.1) is 0 Å². The van der Waals surface area contributed by atoms with Gasteiger partial charge in [-0.1, -0.05) is 18.2 Å². The molecule has 0 aliphatic rings. The number of benzene rings is 1. The van der Waals surface area contributed by atoms with Crippen molar-refractivity contribution in [1.29, 1.82) is 0 Å². The van der Waals surface area contributed by atoms with Crippen molar-refractivity contribution in [3.8, 4) is 0 Å². The first-order valence-electron chi connectivity index (χ1n) is 6.69. The Morgan fingerprint density at radius 2 is 2.00 bits per heavy atom. The molecular weight excluding hydrogens is 252 g/mol. The summed E-state index contributed by atoms with van der Waals surface area (Å²) in [6.07, 6.45) is 3.29. The highest BCUT2D eigenvalue weighted by atomic mass is 32.1. The van der Waals surface area contributed by atoms with Crippen LogP contribution < -0.4 is 5.32 Å². The van der Waals surface area contributed by atoms with Gasteiger partial charge in [-0.05, 0) is 52.9 Å². The Hall–Kier alpha value is -1.58. The van der Waals surface area contributed by atoms with Crippen LogP contribution in [0.2, 0.25) is 0 Å². The summed E-state index contributed by atoms with van der Waals surface area (Å²) in [4.78, 5) is 0. The number of aromatic nitrogens is 1. The van der Waals surface area contributed by atoms with E-state index >= 15 is 0 Å². The molecule has 0 atom stereocenters. The lowest BCUT2D eigenvalue weighted by Crippen LogP contribution is -2.21. The van der Waals surface area contributed by atoms with E-state index in [9.17, 15) is 0 Å². The Balaban J connectivity index is 1.47. The monoisotopic (exact) mass is 270 g/mol. The van der Waals surface area contributed by atoms with Gasteiger partial charge < -0.3 is 9.88 Å². The van der Waals surface area contributed by atoms with E-state index in [-0.39, 0.29) is 0 Å². The SMILES string of the molecule is c1ccc2c(c1)ccn2CCNCCc1ccsc1. The van der Waals surface area contributed by atoms with Crippen molar-refractivity contribution < 1.29 is 0 Å². The number of rotatable bonds is 6. The van der Waals surface area contributed by atoms with Crippen LogP contribution in [-0.4, -0.2) is 17.7 Å². The Labute approximate surface area is 117 Å². The van der Waals surface area contributed by atoms with Crippen molar-refractivity contribution in [3.63, 3.8) is 0 Å². The van der Waals surface area contributed by atoms with Crippen molar-refractivity contribution in [3.05, 3.63) is 58.9 Å². The van der Waals surface area contributed by atoms with E-state index in [1.807, 2.05) is 0 Å². The van der Waals surface area contributed by atoms with Crippen LogP contribution in [-0.2, 0) is 13.0 Å². The largest absolute Gasteiger partial charge is 0.346 e. The molecule has 2 aromatic heterocycles. The molecule has 19 heavy (non-hydrogen) atoms. The van der Waals surface area contributed by atoms with Crippen molar-refractivity contribution in [2.24, 2.45) is 0 Å². The van der Waals surface area contributed by atoms with Crippen molar-refractivity contribution in [2.45, 2.75) is 13.0 Å². The van der Waals surface area contributed by atoms with Gasteiger partial charge in [0, 0.05) is 24.8 Å². The fourth-order valence-corrected chi connectivity index (χ4v) is 3.03. The molecule has 3 aromatic rings. The summed E-state index contributed by atoms with van der Waals surface area (Å²) in [5, 5.41) is 9.19. The molecule has 0 bridgehead atoms. The van der Waals surface area contributed by atoms with Crippen LogP contribution in [0, 0.1) is 0 Å². The van der Waals surface area contributed by atoms with Gasteiger partial charge in [-0.2, -0.15) is 11.3 Å². The Bertz CT molecular complexity index is 625. The third kappa shape index (κ3) is 3.06. The van der Waals surface area contributed by atoms with Crippen LogP contribution in [0.25, 0.3) is 10.9 Å². The highest BCUT2D eigenvalue weighted by molar-refractivity contribution is 7.07. The van der Waals surface area contributed by atoms with E-state index in [4.69, 9.17) is 0 Å². The zero-order valence-corrected chi connectivity index (χ0v) is 11.7. The van der Waals surface area contributed by atoms with Crippen LogP contribution >= 0.6 is 11.3 Å². The van der Waals surface area contributed by atoms with E-state index in [0.29, 0.717) is 0 Å². The molecule has 3 rings (SSSR count). The molecule has 98 valence electrons. The second-order valence-electron chi connectivity index (χ2n) is 4.70. The molecule has 1 N–H and O–H groups in total. The molecule has 0 unspecified atom stereocenters. The minimum atomic E-state index is 1.02. The molecule has 0 saturated heterocycles. The lowest BCUT2D eigenvalue weighted by atomic mass is 10.2. The first kappa shape index (κ1) is 12.5. The summed E-state index contributed by atoms with van der Waals surface area (Å²) in [5.41, 5.74) is 2.76. The van der Waals surface area contributed by atoms with Gasteiger partial charge in [0.05, 0.1) is 0 Å². The summed E-state index contributed by atoms with van der Waals surface area (Å²) in [6, 6.07) is 12.9. The number of nitrogens with one attached hydrogen (secondary N) is 1. The average molecular weight is 270 g/mol. The van der Waals surface area contributed by atoms with E-state index in [1.54, 1.807) is 11.3 Å². The van der Waals surface area contributed by atoms with Crippen molar-refractivity contribution >= 4 is 22.2 Å². The molecule has 0 saturated carbocycles. The van der Waals surface area contributed by atoms with Gasteiger partial charge >= 0.3 is 0 Å². The number of nitrogens with zero attached hydrogens (tertiary/aromatic N) is 1. The normalized spacial score (nSPS) is 11.2. The molecule has 0 amide bonds. The molecule has 3 heteroatoms. The summed E-state index contributed by atoms with van der Waals surface area (Å²) in [5.74, 6) is 0. The van der Waals surface area contributed by atoms with E-state index in [1.165, 1.54) is 16.5 Å². The van der Waals surface area contributed by atoms with Crippen molar-refractivity contribution in [1.82, 2.24) is 9.88 Å². The summed E-state index contributed by atoms with van der Waals surface area (Å²) < 4.78 is 2.31. The third-order valence-corrected chi connectivity index (χ3v) is 4.11. The van der Waals surface area contributed by atoms with E-state index < -0.39 is 0 Å². The Morgan fingerprint density at radius 3 is 2.89 bits per heavy atom. The molecule has 2 heterocycles. The first-order valence-corrected chi connectivity index (χ1v) is 7.63. The number of thiophene rings is 1. The smallest absolute Gasteiger partial charge is 0.0480 e. The molecular formula is C16H18N2S. The van der Waals surface area contributed by atoms with Crippen LogP contribution in [0.3, 0.4) is 0 Å². The lowest BCUT2D eigenvalue weighted by molar-refractivity contribution is 0.610. The summed E-state index contributed by atoms with van der Waals surface area (Å²) >= 11 is 1.77. The van der Waals surface area contributed by atoms with Crippen molar-refractivity contribution in [2.75, 3.05) is 13.1 Å². The van der Waals surface area contributed by atoms with Gasteiger partial charge in [0.15, 0.2) is 0 Å². The predicted molar refractivity (Wildman–Crippen MR) is 82.8 cm³/mol. The van der Waals surface area contributed by atoms with E-state index in [2.05, 4.69) is 63.2 Å². The van der Waals surface area contributed by atoms with Gasteiger partial charge in [0.2, 0.25) is 0 Å². The number of para-hydroxylation sites is 1. The topological polar surface area (TPSA) is 17.0 Å². The molecule has 0 fully saturated rings. The fourth-order valence-electron chi connectivity index (χ4n) is 2.33. The number of hydrogen-bond acceptors (Lipinski definition) is 2. The summed E-state index contributed by atoms with van der Waals surface area (Å²) in [6.45, 7) is 3.09. The van der Waals surface area contributed by atoms with Crippen LogP contribution in [0.5, 0.6) is 0 Å². The molecule has 0 spiro atoms. The highest BCUT2D eigenvalue weighted by Gasteiger charge is 1.99. The second-order valence-corrected chi connectivity index (χ2v) is 5.48. The predicted octanol–water partition coefficient (Wildman–Crippen LogP) is 3.54. The second kappa shape index (κ2) is 6.04. The van der Waals surface area contributed by atoms with Crippen LogP contribution in [0.15, 0.2) is 53.4 Å². The maximum atomic E-state index is 3.51. The van der Waals surface area contributed by atoms with Gasteiger partial charge in [-0.25, -0.2) is 0 Å². The zero-order valence-electron chi connectivity index (χ0n) is 10.9. The third-order valence-electron chi connectivity index (χ3n) is 3.38. The minimum absolute atomic E-state index is 1.02. The maximum Gasteiger partial charge on any atom is 0.0480 e. The van der Waals surface area contributed by atoms with E-state index in [0.717, 1.165) is 26.1 Å². The number of fused-ring (bicyclic) bond motifs is 1. The quantitative estimate of drug-likeness (QED) is 0.678. The molecule has 1 aromatic carbocycles. The van der Waals surface area contributed by atoms with Crippen LogP contribution in [0.4, 0.5) is 0 Å². The average Bonchev–Trinajstić information content (AvgIpc) is 3.08. The molecule has 0 radical (unpaired) electrons. The molecule has 0 aliphatic carbocycles. The number of hydrogen-bond donors (Lipinski definition) is 1. The molecule has 2 nitrogen and oxygen atoms in total. The Morgan fingerprint density at radius 1 is 1.05 bits per heavy atom. The zero-order chi connectivity index (χ0) is 12.9. The molecule has 0 aliphatic heterocycles. The fraction of sp³-hybridized carbons (Fsp3) is 0.250. The standard InChI is InChI=1S/C16H18N2S/c1-2-4-16-15(3-1)6-10-18(16)11-9-17-8-5-14-7-12-19-13-14/h1-4,6-7,10,12-13,17H,5,8-9,11H2. The van der Waals surface area contributed by atoms with Gasteiger partial charge in [0.1, 0.15) is 0 Å². The highest BCUT2D eigenvalue weighted by Crippen LogP contribution is 2.14. The summed E-state index contributed by atoms with van der Waals surface area (Å²) in [7, 11) is 0. The maximum absolute atomic E-state index is 3.51. The Kier molecular flexibility index (Phi) is 3.96. The van der Waals surface area contributed by atoms with Gasteiger partial charge in [0.25, 0.3) is 0 Å². The minimum Gasteiger partial charge on any atom is -0.346 e. The van der Waals surface area contributed by atoms with Gasteiger partial charge in [-0.3, -0.25) is 0 Å². The van der Waals surface area contributed by atoms with Crippen LogP contribution in [0.1, 0.15) is 5.56 Å². The lowest BCUT2D eigenvalue weighted by Gasteiger charge is -2.07.